The van der Waals surface area contributed by atoms with Gasteiger partial charge in [-0.3, -0.25) is 9.69 Å². The molecule has 0 saturated carbocycles. The van der Waals surface area contributed by atoms with Gasteiger partial charge in [-0.05, 0) is 31.5 Å². The van der Waals surface area contributed by atoms with Crippen LogP contribution in [0, 0.1) is 17.2 Å². The molecule has 2 aliphatic rings. The van der Waals surface area contributed by atoms with Crippen molar-refractivity contribution in [2.45, 2.75) is 25.8 Å². The van der Waals surface area contributed by atoms with E-state index in [2.05, 4.69) is 45.0 Å². The SMILES string of the molecule is N#CCCN1CCC(C(=O)N2CCN(Cc3ccccc3)CC2)CC1. The van der Waals surface area contributed by atoms with Crippen LogP contribution < -0.4 is 0 Å². The van der Waals surface area contributed by atoms with Crippen molar-refractivity contribution in [3.05, 3.63) is 35.9 Å². The molecular weight excluding hydrogens is 312 g/mol. The summed E-state index contributed by atoms with van der Waals surface area (Å²) in [7, 11) is 0. The lowest BCUT2D eigenvalue weighted by molar-refractivity contribution is -0.138. The molecule has 0 aromatic heterocycles. The molecule has 1 amide bonds. The molecule has 2 heterocycles. The Morgan fingerprint density at radius 1 is 1.00 bits per heavy atom. The molecule has 0 atom stereocenters. The third-order valence-corrected chi connectivity index (χ3v) is 5.41. The lowest BCUT2D eigenvalue weighted by atomic mass is 9.95. The van der Waals surface area contributed by atoms with Crippen LogP contribution in [0.15, 0.2) is 30.3 Å². The summed E-state index contributed by atoms with van der Waals surface area (Å²) in [5.74, 6) is 0.526. The van der Waals surface area contributed by atoms with E-state index in [9.17, 15) is 4.79 Å². The van der Waals surface area contributed by atoms with E-state index in [4.69, 9.17) is 5.26 Å². The Labute approximate surface area is 150 Å². The fourth-order valence-corrected chi connectivity index (χ4v) is 3.84. The highest BCUT2D eigenvalue weighted by Crippen LogP contribution is 2.21. The first-order valence-corrected chi connectivity index (χ1v) is 9.40. The van der Waals surface area contributed by atoms with Crippen LogP contribution in [0.25, 0.3) is 0 Å². The largest absolute Gasteiger partial charge is 0.340 e. The molecule has 0 spiro atoms. The molecule has 5 nitrogen and oxygen atoms in total. The minimum Gasteiger partial charge on any atom is -0.340 e. The van der Waals surface area contributed by atoms with Gasteiger partial charge in [0.15, 0.2) is 0 Å². The average Bonchev–Trinajstić information content (AvgIpc) is 2.68. The van der Waals surface area contributed by atoms with E-state index < -0.39 is 0 Å². The Morgan fingerprint density at radius 2 is 1.68 bits per heavy atom. The van der Waals surface area contributed by atoms with Crippen LogP contribution in [0.3, 0.4) is 0 Å². The molecule has 2 saturated heterocycles. The third kappa shape index (κ3) is 5.04. The van der Waals surface area contributed by atoms with Gasteiger partial charge in [0.1, 0.15) is 0 Å². The molecule has 0 N–H and O–H groups in total. The first kappa shape index (κ1) is 17.9. The molecule has 134 valence electrons. The molecule has 2 aliphatic heterocycles. The van der Waals surface area contributed by atoms with E-state index in [1.807, 2.05) is 6.07 Å². The van der Waals surface area contributed by atoms with Gasteiger partial charge >= 0.3 is 0 Å². The zero-order valence-electron chi connectivity index (χ0n) is 14.9. The van der Waals surface area contributed by atoms with E-state index in [0.717, 1.165) is 65.2 Å². The summed E-state index contributed by atoms with van der Waals surface area (Å²) >= 11 is 0. The number of carbonyl (C=O) groups is 1. The Hall–Kier alpha value is -1.90. The molecule has 1 aromatic carbocycles. The van der Waals surface area contributed by atoms with E-state index in [1.165, 1.54) is 5.56 Å². The van der Waals surface area contributed by atoms with Crippen molar-refractivity contribution < 1.29 is 4.79 Å². The number of nitriles is 1. The van der Waals surface area contributed by atoms with Crippen molar-refractivity contribution in [3.8, 4) is 6.07 Å². The number of piperidine rings is 1. The Morgan fingerprint density at radius 3 is 2.32 bits per heavy atom. The second-order valence-corrected chi connectivity index (χ2v) is 7.11. The predicted octanol–water partition coefficient (Wildman–Crippen LogP) is 1.96. The molecule has 0 radical (unpaired) electrons. The highest BCUT2D eigenvalue weighted by molar-refractivity contribution is 5.79. The number of benzene rings is 1. The van der Waals surface area contributed by atoms with Crippen molar-refractivity contribution in [2.75, 3.05) is 45.8 Å². The summed E-state index contributed by atoms with van der Waals surface area (Å²) < 4.78 is 0. The van der Waals surface area contributed by atoms with Gasteiger partial charge in [0.2, 0.25) is 5.91 Å². The third-order valence-electron chi connectivity index (χ3n) is 5.41. The van der Waals surface area contributed by atoms with E-state index >= 15 is 0 Å². The molecule has 2 fully saturated rings. The first-order valence-electron chi connectivity index (χ1n) is 9.40. The van der Waals surface area contributed by atoms with Crippen LogP contribution in [0.2, 0.25) is 0 Å². The molecule has 1 aromatic rings. The number of piperazine rings is 1. The van der Waals surface area contributed by atoms with Crippen molar-refractivity contribution in [2.24, 2.45) is 5.92 Å². The quantitative estimate of drug-likeness (QED) is 0.822. The van der Waals surface area contributed by atoms with Gasteiger partial charge < -0.3 is 9.80 Å². The fourth-order valence-electron chi connectivity index (χ4n) is 3.84. The maximum absolute atomic E-state index is 12.8. The van der Waals surface area contributed by atoms with Gasteiger partial charge in [-0.2, -0.15) is 5.26 Å². The van der Waals surface area contributed by atoms with Crippen molar-refractivity contribution in [3.63, 3.8) is 0 Å². The smallest absolute Gasteiger partial charge is 0.225 e. The number of likely N-dealkylation sites (tertiary alicyclic amines) is 1. The molecule has 5 heteroatoms. The maximum Gasteiger partial charge on any atom is 0.225 e. The predicted molar refractivity (Wildman–Crippen MR) is 97.7 cm³/mol. The van der Waals surface area contributed by atoms with Gasteiger partial charge in [-0.15, -0.1) is 0 Å². The van der Waals surface area contributed by atoms with E-state index in [1.54, 1.807) is 0 Å². The van der Waals surface area contributed by atoms with Crippen LogP contribution in [-0.4, -0.2) is 66.4 Å². The van der Waals surface area contributed by atoms with Gasteiger partial charge in [-0.1, -0.05) is 30.3 Å². The number of hydrogen-bond acceptors (Lipinski definition) is 4. The Balaban J connectivity index is 1.41. The second kappa shape index (κ2) is 8.98. The number of nitrogens with zero attached hydrogens (tertiary/aromatic N) is 4. The molecule has 3 rings (SSSR count). The second-order valence-electron chi connectivity index (χ2n) is 7.11. The van der Waals surface area contributed by atoms with Gasteiger partial charge in [-0.25, -0.2) is 0 Å². The number of hydrogen-bond donors (Lipinski definition) is 0. The highest BCUT2D eigenvalue weighted by atomic mass is 16.2. The zero-order chi connectivity index (χ0) is 17.5. The topological polar surface area (TPSA) is 50.6 Å². The number of carbonyl (C=O) groups excluding carboxylic acids is 1. The van der Waals surface area contributed by atoms with E-state index in [0.29, 0.717) is 12.3 Å². The van der Waals surface area contributed by atoms with Crippen LogP contribution in [-0.2, 0) is 11.3 Å². The molecule has 0 unspecified atom stereocenters. The normalized spacial score (nSPS) is 20.4. The summed E-state index contributed by atoms with van der Waals surface area (Å²) in [4.78, 5) is 19.6. The Bertz CT molecular complexity index is 581. The van der Waals surface area contributed by atoms with Gasteiger partial charge in [0.25, 0.3) is 0 Å². The highest BCUT2D eigenvalue weighted by Gasteiger charge is 2.30. The van der Waals surface area contributed by atoms with Crippen LogP contribution in [0.4, 0.5) is 0 Å². The standard InChI is InChI=1S/C20H28N4O/c21-9-4-10-22-11-7-19(8-12-22)20(25)24-15-13-23(14-16-24)17-18-5-2-1-3-6-18/h1-3,5-6,19H,4,7-8,10-17H2. The van der Waals surface area contributed by atoms with Crippen molar-refractivity contribution >= 4 is 5.91 Å². The fraction of sp³-hybridized carbons (Fsp3) is 0.600. The van der Waals surface area contributed by atoms with Crippen molar-refractivity contribution in [1.29, 1.82) is 5.26 Å². The lowest BCUT2D eigenvalue weighted by Gasteiger charge is -2.38. The van der Waals surface area contributed by atoms with Crippen LogP contribution in [0.5, 0.6) is 0 Å². The summed E-state index contributed by atoms with van der Waals surface area (Å²) in [6.07, 6.45) is 2.46. The minimum absolute atomic E-state index is 0.180. The minimum atomic E-state index is 0.180. The first-order chi connectivity index (χ1) is 12.3. The average molecular weight is 340 g/mol. The van der Waals surface area contributed by atoms with E-state index in [-0.39, 0.29) is 5.92 Å². The monoisotopic (exact) mass is 340 g/mol. The van der Waals surface area contributed by atoms with Crippen LogP contribution in [0.1, 0.15) is 24.8 Å². The van der Waals surface area contributed by atoms with Crippen LogP contribution >= 0.6 is 0 Å². The molecular formula is C20H28N4O. The summed E-state index contributed by atoms with van der Waals surface area (Å²) in [5, 5.41) is 8.68. The number of amides is 1. The lowest BCUT2D eigenvalue weighted by Crippen LogP contribution is -2.51. The van der Waals surface area contributed by atoms with Gasteiger partial charge in [0.05, 0.1) is 6.07 Å². The number of rotatable bonds is 5. The summed E-state index contributed by atoms with van der Waals surface area (Å²) in [5.41, 5.74) is 1.34. The summed E-state index contributed by atoms with van der Waals surface area (Å²) in [6.45, 7) is 7.33. The Kier molecular flexibility index (Phi) is 6.43. The molecule has 0 aliphatic carbocycles. The van der Waals surface area contributed by atoms with Gasteiger partial charge in [0, 0.05) is 51.6 Å². The molecule has 25 heavy (non-hydrogen) atoms. The summed E-state index contributed by atoms with van der Waals surface area (Å²) in [6, 6.07) is 12.7. The zero-order valence-corrected chi connectivity index (χ0v) is 14.9. The van der Waals surface area contributed by atoms with Crippen molar-refractivity contribution in [1.82, 2.24) is 14.7 Å². The molecule has 0 bridgehead atoms. The maximum atomic E-state index is 12.8.